The van der Waals surface area contributed by atoms with E-state index in [0.29, 0.717) is 31.0 Å². The fourth-order valence-corrected chi connectivity index (χ4v) is 3.11. The van der Waals surface area contributed by atoms with Crippen molar-refractivity contribution in [3.63, 3.8) is 0 Å². The summed E-state index contributed by atoms with van der Waals surface area (Å²) < 4.78 is 47.7. The first-order valence-corrected chi connectivity index (χ1v) is 8.66. The molecule has 3 aromatic rings. The van der Waals surface area contributed by atoms with E-state index in [1.807, 2.05) is 0 Å². The molecule has 0 spiro atoms. The van der Waals surface area contributed by atoms with Crippen molar-refractivity contribution >= 4 is 5.91 Å². The molecule has 0 aliphatic carbocycles. The Bertz CT molecular complexity index is 1030. The third-order valence-electron chi connectivity index (χ3n) is 4.40. The number of nitrogens with zero attached hydrogens (tertiary/aromatic N) is 6. The fraction of sp³-hybridized carbons (Fsp3) is 0.353. The lowest BCUT2D eigenvalue weighted by Crippen LogP contribution is -2.29. The standard InChI is InChI=1S/C17H15F3N6O3/c1-10-21-15(29-23-10)14-9-26(24-22-14)12-5-6-25(8-12)16(27)11-3-2-4-13(7-11)28-17(18,19)20/h2-4,7,9,12H,5-6,8H2,1H3/t12-/m1/s1. The second-order valence-corrected chi connectivity index (χ2v) is 6.50. The van der Waals surface area contributed by atoms with E-state index in [4.69, 9.17) is 4.52 Å². The Balaban J connectivity index is 1.44. The molecule has 0 N–H and O–H groups in total. The van der Waals surface area contributed by atoms with Crippen molar-refractivity contribution in [2.45, 2.75) is 25.7 Å². The Hall–Kier alpha value is -3.44. The van der Waals surface area contributed by atoms with Crippen LogP contribution in [0.4, 0.5) is 13.2 Å². The average molecular weight is 408 g/mol. The largest absolute Gasteiger partial charge is 0.573 e. The Morgan fingerprint density at radius 1 is 1.34 bits per heavy atom. The molecule has 1 aliphatic rings. The minimum absolute atomic E-state index is 0.119. The van der Waals surface area contributed by atoms with Crippen LogP contribution in [0, 0.1) is 6.92 Å². The summed E-state index contributed by atoms with van der Waals surface area (Å²) in [7, 11) is 0. The summed E-state index contributed by atoms with van der Waals surface area (Å²) >= 11 is 0. The molecule has 1 amide bonds. The Morgan fingerprint density at radius 2 is 2.17 bits per heavy atom. The molecule has 1 saturated heterocycles. The van der Waals surface area contributed by atoms with Gasteiger partial charge in [0.15, 0.2) is 11.5 Å². The maximum atomic E-state index is 12.7. The van der Waals surface area contributed by atoms with Gasteiger partial charge in [-0.2, -0.15) is 4.98 Å². The van der Waals surface area contributed by atoms with Crippen molar-refractivity contribution in [3.8, 4) is 17.3 Å². The Kier molecular flexibility index (Phi) is 4.68. The molecule has 152 valence electrons. The van der Waals surface area contributed by atoms with E-state index in [9.17, 15) is 18.0 Å². The summed E-state index contributed by atoms with van der Waals surface area (Å²) in [5, 5.41) is 11.8. The number of aryl methyl sites for hydroxylation is 1. The number of ether oxygens (including phenoxy) is 1. The number of halogens is 3. The van der Waals surface area contributed by atoms with Crippen LogP contribution >= 0.6 is 0 Å². The van der Waals surface area contributed by atoms with E-state index in [2.05, 4.69) is 25.2 Å². The third-order valence-corrected chi connectivity index (χ3v) is 4.40. The highest BCUT2D eigenvalue weighted by molar-refractivity contribution is 5.94. The van der Waals surface area contributed by atoms with Gasteiger partial charge in [-0.25, -0.2) is 4.68 Å². The van der Waals surface area contributed by atoms with Crippen molar-refractivity contribution in [2.75, 3.05) is 13.1 Å². The van der Waals surface area contributed by atoms with E-state index >= 15 is 0 Å². The first-order chi connectivity index (χ1) is 13.8. The van der Waals surface area contributed by atoms with Crippen molar-refractivity contribution in [1.29, 1.82) is 0 Å². The summed E-state index contributed by atoms with van der Waals surface area (Å²) in [6.07, 6.45) is -2.54. The molecule has 1 fully saturated rings. The molecule has 0 radical (unpaired) electrons. The van der Waals surface area contributed by atoms with Crippen LogP contribution in [0.1, 0.15) is 28.6 Å². The number of likely N-dealkylation sites (tertiary alicyclic amines) is 1. The van der Waals surface area contributed by atoms with Crippen molar-refractivity contribution < 1.29 is 27.2 Å². The molecule has 0 bridgehead atoms. The van der Waals surface area contributed by atoms with Crippen LogP contribution in [0.15, 0.2) is 35.0 Å². The molecule has 2 aromatic heterocycles. The molecule has 4 rings (SSSR count). The second kappa shape index (κ2) is 7.18. The Morgan fingerprint density at radius 3 is 2.90 bits per heavy atom. The van der Waals surface area contributed by atoms with Crippen LogP contribution in [0.5, 0.6) is 5.75 Å². The van der Waals surface area contributed by atoms with Gasteiger partial charge in [-0.05, 0) is 31.5 Å². The van der Waals surface area contributed by atoms with Gasteiger partial charge in [0.25, 0.3) is 11.8 Å². The van der Waals surface area contributed by atoms with E-state index in [1.165, 1.54) is 12.1 Å². The van der Waals surface area contributed by atoms with Gasteiger partial charge in [-0.3, -0.25) is 4.79 Å². The minimum atomic E-state index is -4.82. The van der Waals surface area contributed by atoms with Gasteiger partial charge in [0, 0.05) is 18.7 Å². The summed E-state index contributed by atoms with van der Waals surface area (Å²) in [6, 6.07) is 4.89. The predicted octanol–water partition coefficient (Wildman–Crippen LogP) is 2.62. The number of carbonyl (C=O) groups excluding carboxylic acids is 1. The number of amides is 1. The van der Waals surface area contributed by atoms with Gasteiger partial charge in [0.2, 0.25) is 0 Å². The molecule has 3 heterocycles. The molecule has 12 heteroatoms. The molecular formula is C17H15F3N6O3. The first-order valence-electron chi connectivity index (χ1n) is 8.66. The van der Waals surface area contributed by atoms with Gasteiger partial charge in [-0.1, -0.05) is 16.4 Å². The first kappa shape index (κ1) is 18.9. The summed E-state index contributed by atoms with van der Waals surface area (Å²) in [4.78, 5) is 18.3. The highest BCUT2D eigenvalue weighted by atomic mass is 19.4. The molecule has 0 saturated carbocycles. The number of benzene rings is 1. The van der Waals surface area contributed by atoms with Gasteiger partial charge < -0.3 is 14.2 Å². The number of alkyl halides is 3. The zero-order chi connectivity index (χ0) is 20.6. The fourth-order valence-electron chi connectivity index (χ4n) is 3.11. The molecular weight excluding hydrogens is 393 g/mol. The van der Waals surface area contributed by atoms with Gasteiger partial charge in [0.1, 0.15) is 5.75 Å². The lowest BCUT2D eigenvalue weighted by molar-refractivity contribution is -0.274. The van der Waals surface area contributed by atoms with Gasteiger partial charge >= 0.3 is 6.36 Å². The Labute approximate surface area is 162 Å². The molecule has 1 atom stereocenters. The summed E-state index contributed by atoms with van der Waals surface area (Å²) in [5.41, 5.74) is 0.542. The summed E-state index contributed by atoms with van der Waals surface area (Å²) in [5.74, 6) is -0.0899. The molecule has 1 aliphatic heterocycles. The number of hydrogen-bond donors (Lipinski definition) is 0. The lowest BCUT2D eigenvalue weighted by atomic mass is 10.2. The zero-order valence-corrected chi connectivity index (χ0v) is 15.1. The smallest absolute Gasteiger partial charge is 0.406 e. The van der Waals surface area contributed by atoms with Gasteiger partial charge in [-0.15, -0.1) is 18.3 Å². The van der Waals surface area contributed by atoms with E-state index in [1.54, 1.807) is 22.7 Å². The highest BCUT2D eigenvalue weighted by Crippen LogP contribution is 2.27. The molecule has 29 heavy (non-hydrogen) atoms. The monoisotopic (exact) mass is 408 g/mol. The zero-order valence-electron chi connectivity index (χ0n) is 15.1. The third kappa shape index (κ3) is 4.20. The average Bonchev–Trinajstić information content (AvgIpc) is 3.39. The number of aromatic nitrogens is 5. The topological polar surface area (TPSA) is 99.2 Å². The van der Waals surface area contributed by atoms with Crippen LogP contribution in [-0.4, -0.2) is 55.4 Å². The molecule has 0 unspecified atom stereocenters. The van der Waals surface area contributed by atoms with Crippen LogP contribution in [-0.2, 0) is 0 Å². The van der Waals surface area contributed by atoms with Gasteiger partial charge in [0.05, 0.1) is 12.2 Å². The van der Waals surface area contributed by atoms with E-state index < -0.39 is 12.1 Å². The maximum absolute atomic E-state index is 12.7. The van der Waals surface area contributed by atoms with E-state index in [0.717, 1.165) is 12.1 Å². The predicted molar refractivity (Wildman–Crippen MR) is 90.7 cm³/mol. The van der Waals surface area contributed by atoms with Crippen molar-refractivity contribution in [1.82, 2.24) is 30.0 Å². The molecule has 1 aromatic carbocycles. The minimum Gasteiger partial charge on any atom is -0.406 e. The number of hydrogen-bond acceptors (Lipinski definition) is 7. The quantitative estimate of drug-likeness (QED) is 0.654. The maximum Gasteiger partial charge on any atom is 0.573 e. The highest BCUT2D eigenvalue weighted by Gasteiger charge is 2.32. The normalized spacial score (nSPS) is 17.0. The van der Waals surface area contributed by atoms with Crippen LogP contribution in [0.25, 0.3) is 11.6 Å². The SMILES string of the molecule is Cc1noc(-c2cn([C@@H]3CCN(C(=O)c4cccc(OC(F)(F)F)c4)C3)nn2)n1. The van der Waals surface area contributed by atoms with Crippen LogP contribution in [0.2, 0.25) is 0 Å². The lowest BCUT2D eigenvalue weighted by Gasteiger charge is -2.17. The van der Waals surface area contributed by atoms with Crippen molar-refractivity contribution in [2.24, 2.45) is 0 Å². The van der Waals surface area contributed by atoms with Crippen molar-refractivity contribution in [3.05, 3.63) is 41.9 Å². The van der Waals surface area contributed by atoms with Crippen LogP contribution in [0.3, 0.4) is 0 Å². The number of rotatable bonds is 4. The summed E-state index contributed by atoms with van der Waals surface area (Å²) in [6.45, 7) is 2.46. The second-order valence-electron chi connectivity index (χ2n) is 6.50. The van der Waals surface area contributed by atoms with Crippen LogP contribution < -0.4 is 4.74 Å². The van der Waals surface area contributed by atoms with E-state index in [-0.39, 0.29) is 23.4 Å². The molecule has 9 nitrogen and oxygen atoms in total. The number of carbonyl (C=O) groups is 1.